The van der Waals surface area contributed by atoms with Gasteiger partial charge in [-0.25, -0.2) is 0 Å². The first kappa shape index (κ1) is 15.1. The van der Waals surface area contributed by atoms with Crippen molar-refractivity contribution in [1.29, 1.82) is 0 Å². The minimum absolute atomic E-state index is 0.0511. The predicted octanol–water partition coefficient (Wildman–Crippen LogP) is 3.09. The average molecular weight is 338 g/mol. The SMILES string of the molecule is O=C(NC[C@H]1CCCN1c1ccccc1)c1ccc2nsnc2c1. The molecule has 0 bridgehead atoms. The number of benzene rings is 2. The van der Waals surface area contributed by atoms with Crippen molar-refractivity contribution in [2.24, 2.45) is 0 Å². The van der Waals surface area contributed by atoms with Crippen LogP contribution in [-0.4, -0.2) is 33.8 Å². The zero-order valence-electron chi connectivity index (χ0n) is 13.2. The van der Waals surface area contributed by atoms with E-state index < -0.39 is 0 Å². The molecule has 4 rings (SSSR count). The summed E-state index contributed by atoms with van der Waals surface area (Å²) in [6.07, 6.45) is 2.26. The van der Waals surface area contributed by atoms with Crippen molar-refractivity contribution in [1.82, 2.24) is 14.1 Å². The van der Waals surface area contributed by atoms with E-state index in [2.05, 4.69) is 43.2 Å². The van der Waals surface area contributed by atoms with E-state index in [4.69, 9.17) is 0 Å². The highest BCUT2D eigenvalue weighted by Crippen LogP contribution is 2.24. The average Bonchev–Trinajstić information content (AvgIpc) is 3.28. The highest BCUT2D eigenvalue weighted by Gasteiger charge is 2.25. The Kier molecular flexibility index (Phi) is 4.13. The fraction of sp³-hybridized carbons (Fsp3) is 0.278. The van der Waals surface area contributed by atoms with Crippen LogP contribution >= 0.6 is 11.7 Å². The molecule has 5 nitrogen and oxygen atoms in total. The van der Waals surface area contributed by atoms with Gasteiger partial charge in [0.05, 0.1) is 11.7 Å². The molecule has 3 aromatic rings. The van der Waals surface area contributed by atoms with E-state index in [0.29, 0.717) is 18.2 Å². The van der Waals surface area contributed by atoms with E-state index in [1.54, 1.807) is 6.07 Å². The normalized spacial score (nSPS) is 17.3. The zero-order chi connectivity index (χ0) is 16.4. The Morgan fingerprint density at radius 1 is 1.17 bits per heavy atom. The summed E-state index contributed by atoms with van der Waals surface area (Å²) in [5.74, 6) is -0.0511. The molecular formula is C18H18N4OS. The Hall–Kier alpha value is -2.47. The van der Waals surface area contributed by atoms with Crippen LogP contribution in [0.1, 0.15) is 23.2 Å². The smallest absolute Gasteiger partial charge is 0.251 e. The lowest BCUT2D eigenvalue weighted by Gasteiger charge is -2.27. The quantitative estimate of drug-likeness (QED) is 0.794. The first-order valence-electron chi connectivity index (χ1n) is 8.13. The van der Waals surface area contributed by atoms with Crippen LogP contribution in [0.15, 0.2) is 48.5 Å². The van der Waals surface area contributed by atoms with Crippen LogP contribution in [0.25, 0.3) is 11.0 Å². The Morgan fingerprint density at radius 3 is 2.88 bits per heavy atom. The lowest BCUT2D eigenvalue weighted by Crippen LogP contribution is -2.40. The van der Waals surface area contributed by atoms with Crippen molar-refractivity contribution in [2.75, 3.05) is 18.0 Å². The Bertz CT molecular complexity index is 848. The molecule has 6 heteroatoms. The molecule has 0 radical (unpaired) electrons. The van der Waals surface area contributed by atoms with Crippen molar-refractivity contribution in [3.05, 3.63) is 54.1 Å². The van der Waals surface area contributed by atoms with E-state index in [-0.39, 0.29) is 5.91 Å². The molecule has 122 valence electrons. The number of aromatic nitrogens is 2. The molecule has 0 spiro atoms. The number of amides is 1. The molecule has 1 fully saturated rings. The second kappa shape index (κ2) is 6.57. The molecule has 1 atom stereocenters. The number of carbonyl (C=O) groups is 1. The molecule has 1 aliphatic heterocycles. The largest absolute Gasteiger partial charge is 0.367 e. The van der Waals surface area contributed by atoms with E-state index in [1.807, 2.05) is 18.2 Å². The number of hydrogen-bond acceptors (Lipinski definition) is 5. The lowest BCUT2D eigenvalue weighted by molar-refractivity contribution is 0.0951. The van der Waals surface area contributed by atoms with E-state index in [1.165, 1.54) is 17.4 Å². The number of para-hydroxylation sites is 1. The number of rotatable bonds is 4. The van der Waals surface area contributed by atoms with Crippen LogP contribution < -0.4 is 10.2 Å². The van der Waals surface area contributed by atoms with Gasteiger partial charge in [0.2, 0.25) is 0 Å². The fourth-order valence-electron chi connectivity index (χ4n) is 3.24. The summed E-state index contributed by atoms with van der Waals surface area (Å²) >= 11 is 1.17. The van der Waals surface area contributed by atoms with Gasteiger partial charge in [-0.05, 0) is 43.2 Å². The topological polar surface area (TPSA) is 58.1 Å². The van der Waals surface area contributed by atoms with Crippen LogP contribution in [-0.2, 0) is 0 Å². The number of fused-ring (bicyclic) bond motifs is 1. The van der Waals surface area contributed by atoms with Gasteiger partial charge in [-0.3, -0.25) is 4.79 Å². The van der Waals surface area contributed by atoms with Crippen LogP contribution in [0.2, 0.25) is 0 Å². The third-order valence-electron chi connectivity index (χ3n) is 4.48. The second-order valence-electron chi connectivity index (χ2n) is 6.00. The number of anilines is 1. The Labute approximate surface area is 144 Å². The lowest BCUT2D eigenvalue weighted by atomic mass is 10.1. The maximum atomic E-state index is 12.4. The van der Waals surface area contributed by atoms with Crippen molar-refractivity contribution < 1.29 is 4.79 Å². The van der Waals surface area contributed by atoms with Crippen LogP contribution in [0.5, 0.6) is 0 Å². The summed E-state index contributed by atoms with van der Waals surface area (Å²) in [6, 6.07) is 16.2. The number of nitrogens with one attached hydrogen (secondary N) is 1. The molecule has 0 aliphatic carbocycles. The molecule has 24 heavy (non-hydrogen) atoms. The minimum atomic E-state index is -0.0511. The molecule has 1 aromatic heterocycles. The van der Waals surface area contributed by atoms with Gasteiger partial charge in [-0.15, -0.1) is 0 Å². The first-order valence-corrected chi connectivity index (χ1v) is 8.86. The Morgan fingerprint density at radius 2 is 2.00 bits per heavy atom. The van der Waals surface area contributed by atoms with Gasteiger partial charge in [0.25, 0.3) is 5.91 Å². The van der Waals surface area contributed by atoms with Gasteiger partial charge in [-0.1, -0.05) is 18.2 Å². The molecule has 2 aromatic carbocycles. The highest BCUT2D eigenvalue weighted by atomic mass is 32.1. The third kappa shape index (κ3) is 2.97. The van der Waals surface area contributed by atoms with Crippen molar-refractivity contribution in [3.63, 3.8) is 0 Å². The van der Waals surface area contributed by atoms with E-state index in [0.717, 1.165) is 30.4 Å². The van der Waals surface area contributed by atoms with Crippen LogP contribution in [0, 0.1) is 0 Å². The first-order chi connectivity index (χ1) is 11.8. The summed E-state index contributed by atoms with van der Waals surface area (Å²) in [4.78, 5) is 14.8. The molecule has 0 unspecified atom stereocenters. The zero-order valence-corrected chi connectivity index (χ0v) is 14.0. The predicted molar refractivity (Wildman–Crippen MR) is 96.6 cm³/mol. The highest BCUT2D eigenvalue weighted by molar-refractivity contribution is 7.00. The summed E-state index contributed by atoms with van der Waals surface area (Å²) in [7, 11) is 0. The number of carbonyl (C=O) groups excluding carboxylic acids is 1. The Balaban J connectivity index is 1.43. The van der Waals surface area contributed by atoms with E-state index in [9.17, 15) is 4.79 Å². The van der Waals surface area contributed by atoms with E-state index >= 15 is 0 Å². The fourth-order valence-corrected chi connectivity index (χ4v) is 3.76. The molecule has 1 amide bonds. The number of hydrogen-bond donors (Lipinski definition) is 1. The summed E-state index contributed by atoms with van der Waals surface area (Å²) in [5.41, 5.74) is 3.48. The minimum Gasteiger partial charge on any atom is -0.367 e. The van der Waals surface area contributed by atoms with Gasteiger partial charge in [-0.2, -0.15) is 8.75 Å². The molecule has 0 saturated carbocycles. The van der Waals surface area contributed by atoms with Gasteiger partial charge >= 0.3 is 0 Å². The molecule has 2 heterocycles. The molecular weight excluding hydrogens is 320 g/mol. The third-order valence-corrected chi connectivity index (χ3v) is 5.04. The standard InChI is InChI=1S/C18H18N4OS/c23-18(13-8-9-16-17(11-13)21-24-20-16)19-12-15-7-4-10-22(15)14-5-2-1-3-6-14/h1-3,5-6,8-9,11,15H,4,7,10,12H2,(H,19,23)/t15-/m1/s1. The van der Waals surface area contributed by atoms with Gasteiger partial charge in [0.15, 0.2) is 0 Å². The van der Waals surface area contributed by atoms with Gasteiger partial charge in [0, 0.05) is 30.4 Å². The van der Waals surface area contributed by atoms with Crippen LogP contribution in [0.3, 0.4) is 0 Å². The van der Waals surface area contributed by atoms with Gasteiger partial charge < -0.3 is 10.2 Å². The van der Waals surface area contributed by atoms with Crippen LogP contribution in [0.4, 0.5) is 5.69 Å². The second-order valence-corrected chi connectivity index (χ2v) is 6.53. The van der Waals surface area contributed by atoms with Crippen molar-refractivity contribution in [3.8, 4) is 0 Å². The number of nitrogens with zero attached hydrogens (tertiary/aromatic N) is 3. The summed E-state index contributed by atoms with van der Waals surface area (Å²) in [5, 5.41) is 3.07. The summed E-state index contributed by atoms with van der Waals surface area (Å²) in [6.45, 7) is 1.70. The van der Waals surface area contributed by atoms with Crippen molar-refractivity contribution >= 4 is 34.4 Å². The molecule has 1 saturated heterocycles. The monoisotopic (exact) mass is 338 g/mol. The summed E-state index contributed by atoms with van der Waals surface area (Å²) < 4.78 is 8.36. The molecule has 1 aliphatic rings. The van der Waals surface area contributed by atoms with Crippen molar-refractivity contribution in [2.45, 2.75) is 18.9 Å². The maximum Gasteiger partial charge on any atom is 0.251 e. The molecule has 1 N–H and O–H groups in total. The van der Waals surface area contributed by atoms with Gasteiger partial charge in [0.1, 0.15) is 11.0 Å². The maximum absolute atomic E-state index is 12.4.